The summed E-state index contributed by atoms with van der Waals surface area (Å²) in [6.45, 7) is 0. The Balaban J connectivity index is 1.43. The summed E-state index contributed by atoms with van der Waals surface area (Å²) in [6.07, 6.45) is 14.6. The van der Waals surface area contributed by atoms with E-state index in [0.717, 1.165) is 68.3 Å². The molecule has 2 aromatic heterocycles. The number of anilines is 2. The molecule has 5 rings (SSSR count). The van der Waals surface area contributed by atoms with Gasteiger partial charge in [0.15, 0.2) is 17.0 Å². The van der Waals surface area contributed by atoms with Gasteiger partial charge >= 0.3 is 0 Å². The highest BCUT2D eigenvalue weighted by molar-refractivity contribution is 5.84. The molecule has 8 heteroatoms. The number of aliphatic hydroxyl groups excluding tert-OH is 1. The summed E-state index contributed by atoms with van der Waals surface area (Å²) in [5, 5.41) is 17.1. The standard InChI is InChI=1S/C22H35N7O/c23-14-5-7-16(8-6-14)26-22-27-20(25-15-9-11-18(30)12-10-15)19-21(28-22)29(13-24-19)17-3-1-2-4-17/h13-18,30H,1-12,23H2,(H2,25,26,27,28)/t14-,15?,16-,18?. The molecule has 0 saturated heterocycles. The Labute approximate surface area is 178 Å². The van der Waals surface area contributed by atoms with Gasteiger partial charge in [0, 0.05) is 24.2 Å². The van der Waals surface area contributed by atoms with E-state index in [1.807, 2.05) is 6.33 Å². The summed E-state index contributed by atoms with van der Waals surface area (Å²) < 4.78 is 2.27. The van der Waals surface area contributed by atoms with Crippen molar-refractivity contribution in [2.75, 3.05) is 10.6 Å². The van der Waals surface area contributed by atoms with Crippen LogP contribution in [0.1, 0.15) is 83.1 Å². The molecule has 3 fully saturated rings. The van der Waals surface area contributed by atoms with Crippen molar-refractivity contribution < 1.29 is 5.11 Å². The predicted molar refractivity (Wildman–Crippen MR) is 119 cm³/mol. The predicted octanol–water partition coefficient (Wildman–Crippen LogP) is 3.34. The summed E-state index contributed by atoms with van der Waals surface area (Å²) in [7, 11) is 0. The molecule has 8 nitrogen and oxygen atoms in total. The quantitative estimate of drug-likeness (QED) is 0.594. The van der Waals surface area contributed by atoms with E-state index in [-0.39, 0.29) is 6.10 Å². The van der Waals surface area contributed by atoms with Gasteiger partial charge in [0.2, 0.25) is 5.95 Å². The van der Waals surface area contributed by atoms with Crippen LogP contribution in [0.5, 0.6) is 0 Å². The molecule has 164 valence electrons. The van der Waals surface area contributed by atoms with Crippen LogP contribution in [-0.2, 0) is 0 Å². The van der Waals surface area contributed by atoms with Crippen molar-refractivity contribution >= 4 is 22.9 Å². The van der Waals surface area contributed by atoms with Crippen LogP contribution in [0.25, 0.3) is 11.2 Å². The topological polar surface area (TPSA) is 114 Å². The summed E-state index contributed by atoms with van der Waals surface area (Å²) >= 11 is 0. The van der Waals surface area contributed by atoms with E-state index < -0.39 is 0 Å². The van der Waals surface area contributed by atoms with Crippen LogP contribution < -0.4 is 16.4 Å². The smallest absolute Gasteiger partial charge is 0.227 e. The highest BCUT2D eigenvalue weighted by Crippen LogP contribution is 2.34. The molecule has 3 aliphatic rings. The zero-order valence-electron chi connectivity index (χ0n) is 17.8. The fourth-order valence-corrected chi connectivity index (χ4v) is 5.39. The Kier molecular flexibility index (Phi) is 5.78. The van der Waals surface area contributed by atoms with E-state index in [4.69, 9.17) is 20.7 Å². The Morgan fingerprint density at radius 3 is 2.27 bits per heavy atom. The van der Waals surface area contributed by atoms with E-state index in [1.165, 1.54) is 25.7 Å². The number of fused-ring (bicyclic) bond motifs is 1. The number of rotatable bonds is 5. The monoisotopic (exact) mass is 413 g/mol. The highest BCUT2D eigenvalue weighted by atomic mass is 16.3. The normalized spacial score (nSPS) is 30.6. The maximum atomic E-state index is 9.85. The molecule has 5 N–H and O–H groups in total. The van der Waals surface area contributed by atoms with E-state index in [0.29, 0.717) is 30.1 Å². The lowest BCUT2D eigenvalue weighted by Crippen LogP contribution is -2.33. The minimum absolute atomic E-state index is 0.162. The second kappa shape index (κ2) is 8.67. The largest absolute Gasteiger partial charge is 0.393 e. The maximum absolute atomic E-state index is 9.85. The molecule has 3 saturated carbocycles. The third-order valence-corrected chi connectivity index (χ3v) is 7.28. The van der Waals surface area contributed by atoms with Gasteiger partial charge in [0.1, 0.15) is 0 Å². The van der Waals surface area contributed by atoms with Crippen molar-refractivity contribution in [1.29, 1.82) is 0 Å². The molecule has 2 heterocycles. The molecular weight excluding hydrogens is 378 g/mol. The number of aliphatic hydroxyl groups is 1. The van der Waals surface area contributed by atoms with Gasteiger partial charge in [0.25, 0.3) is 0 Å². The van der Waals surface area contributed by atoms with Gasteiger partial charge in [-0.3, -0.25) is 0 Å². The van der Waals surface area contributed by atoms with Crippen molar-refractivity contribution in [2.24, 2.45) is 5.73 Å². The van der Waals surface area contributed by atoms with E-state index in [9.17, 15) is 5.11 Å². The first-order valence-electron chi connectivity index (χ1n) is 11.9. The second-order valence-electron chi connectivity index (χ2n) is 9.56. The minimum Gasteiger partial charge on any atom is -0.393 e. The Morgan fingerprint density at radius 1 is 0.867 bits per heavy atom. The molecule has 0 unspecified atom stereocenters. The lowest BCUT2D eigenvalue weighted by atomic mass is 9.92. The van der Waals surface area contributed by atoms with E-state index >= 15 is 0 Å². The SMILES string of the molecule is N[C@H]1CC[C@H](Nc2nc(NC3CCC(O)CC3)c3ncn(C4CCCC4)c3n2)CC1. The lowest BCUT2D eigenvalue weighted by Gasteiger charge is -2.28. The minimum atomic E-state index is -0.162. The number of hydrogen-bond donors (Lipinski definition) is 4. The van der Waals surface area contributed by atoms with Crippen LogP contribution in [0.2, 0.25) is 0 Å². The van der Waals surface area contributed by atoms with Crippen molar-refractivity contribution in [2.45, 2.75) is 107 Å². The number of hydrogen-bond acceptors (Lipinski definition) is 7. The lowest BCUT2D eigenvalue weighted by molar-refractivity contribution is 0.126. The molecule has 0 aliphatic heterocycles. The van der Waals surface area contributed by atoms with Gasteiger partial charge < -0.3 is 26.0 Å². The average Bonchev–Trinajstić information content (AvgIpc) is 3.41. The van der Waals surface area contributed by atoms with E-state index in [1.54, 1.807) is 0 Å². The molecule has 0 bridgehead atoms. The van der Waals surface area contributed by atoms with Crippen LogP contribution in [0, 0.1) is 0 Å². The average molecular weight is 414 g/mol. The zero-order chi connectivity index (χ0) is 20.5. The van der Waals surface area contributed by atoms with Gasteiger partial charge in [0.05, 0.1) is 12.4 Å². The first kappa shape index (κ1) is 20.0. The van der Waals surface area contributed by atoms with Gasteiger partial charge in [-0.05, 0) is 64.2 Å². The number of nitrogens with two attached hydrogens (primary N) is 1. The highest BCUT2D eigenvalue weighted by Gasteiger charge is 2.26. The van der Waals surface area contributed by atoms with Crippen LogP contribution in [0.3, 0.4) is 0 Å². The number of aromatic nitrogens is 4. The molecule has 0 radical (unpaired) electrons. The summed E-state index contributed by atoms with van der Waals surface area (Å²) in [4.78, 5) is 14.5. The van der Waals surface area contributed by atoms with Crippen LogP contribution in [0.15, 0.2) is 6.33 Å². The van der Waals surface area contributed by atoms with Crippen molar-refractivity contribution in [1.82, 2.24) is 19.5 Å². The molecule has 0 aromatic carbocycles. The molecule has 2 aromatic rings. The van der Waals surface area contributed by atoms with Gasteiger partial charge in [-0.2, -0.15) is 9.97 Å². The summed E-state index contributed by atoms with van der Waals surface area (Å²) in [5.74, 6) is 1.52. The molecular formula is C22H35N7O. The number of nitrogens with zero attached hydrogens (tertiary/aromatic N) is 4. The second-order valence-corrected chi connectivity index (χ2v) is 9.56. The number of nitrogens with one attached hydrogen (secondary N) is 2. The van der Waals surface area contributed by atoms with Crippen molar-refractivity contribution in [3.05, 3.63) is 6.33 Å². The fraction of sp³-hybridized carbons (Fsp3) is 0.773. The Bertz CT molecular complexity index is 847. The third-order valence-electron chi connectivity index (χ3n) is 7.28. The number of imidazole rings is 1. The first-order valence-corrected chi connectivity index (χ1v) is 11.9. The molecule has 30 heavy (non-hydrogen) atoms. The maximum Gasteiger partial charge on any atom is 0.227 e. The van der Waals surface area contributed by atoms with Crippen LogP contribution >= 0.6 is 0 Å². The molecule has 0 atom stereocenters. The van der Waals surface area contributed by atoms with Gasteiger partial charge in [-0.25, -0.2) is 4.98 Å². The zero-order valence-corrected chi connectivity index (χ0v) is 17.8. The summed E-state index contributed by atoms with van der Waals surface area (Å²) in [5.41, 5.74) is 7.88. The van der Waals surface area contributed by atoms with Crippen LogP contribution in [0.4, 0.5) is 11.8 Å². The molecule has 0 spiro atoms. The third kappa shape index (κ3) is 4.25. The fourth-order valence-electron chi connectivity index (χ4n) is 5.39. The summed E-state index contributed by atoms with van der Waals surface area (Å²) in [6, 6.07) is 1.52. The Hall–Kier alpha value is -1.93. The van der Waals surface area contributed by atoms with Crippen LogP contribution in [-0.4, -0.2) is 48.9 Å². The molecule has 0 amide bonds. The van der Waals surface area contributed by atoms with Gasteiger partial charge in [-0.1, -0.05) is 12.8 Å². The van der Waals surface area contributed by atoms with Gasteiger partial charge in [-0.15, -0.1) is 0 Å². The van der Waals surface area contributed by atoms with E-state index in [2.05, 4.69) is 15.2 Å². The van der Waals surface area contributed by atoms with Crippen molar-refractivity contribution in [3.8, 4) is 0 Å². The first-order chi connectivity index (χ1) is 14.7. The molecule has 3 aliphatic carbocycles. The van der Waals surface area contributed by atoms with Crippen molar-refractivity contribution in [3.63, 3.8) is 0 Å². The Morgan fingerprint density at radius 2 is 1.53 bits per heavy atom.